The van der Waals surface area contributed by atoms with Crippen molar-refractivity contribution in [2.45, 2.75) is 25.7 Å². The van der Waals surface area contributed by atoms with Crippen molar-refractivity contribution in [2.24, 2.45) is 5.92 Å². The summed E-state index contributed by atoms with van der Waals surface area (Å²) in [7, 11) is 0. The molecule has 0 N–H and O–H groups in total. The van der Waals surface area contributed by atoms with Crippen LogP contribution in [0.1, 0.15) is 25.7 Å². The van der Waals surface area contributed by atoms with Crippen LogP contribution in [-0.4, -0.2) is 0 Å². The van der Waals surface area contributed by atoms with Crippen LogP contribution in [-0.2, 0) is 0 Å². The fourth-order valence-electron chi connectivity index (χ4n) is 1.68. The Bertz CT molecular complexity index is 116. The van der Waals surface area contributed by atoms with Crippen LogP contribution in [0.15, 0.2) is 11.6 Å². The summed E-state index contributed by atoms with van der Waals surface area (Å²) in [6, 6.07) is 0. The summed E-state index contributed by atoms with van der Waals surface area (Å²) in [5, 5.41) is 0. The molecule has 1 saturated carbocycles. The van der Waals surface area contributed by atoms with Crippen LogP contribution in [0, 0.1) is 5.92 Å². The second-order valence-corrected chi connectivity index (χ2v) is 2.71. The summed E-state index contributed by atoms with van der Waals surface area (Å²) >= 11 is 0. The van der Waals surface area contributed by atoms with Gasteiger partial charge in [-0.15, -0.1) is 0 Å². The lowest BCUT2D eigenvalue weighted by Gasteiger charge is -1.98. The molecule has 2 rings (SSSR count). The van der Waals surface area contributed by atoms with E-state index in [1.807, 2.05) is 0 Å². The molecule has 1 atom stereocenters. The fourth-order valence-corrected chi connectivity index (χ4v) is 1.68. The Kier molecular flexibility index (Phi) is 1.37. The van der Waals surface area contributed by atoms with Gasteiger partial charge in [0.25, 0.3) is 0 Å². The quantitative estimate of drug-likeness (QED) is 0.358. The van der Waals surface area contributed by atoms with E-state index < -0.39 is 0 Å². The molecule has 0 aromatic heterocycles. The van der Waals surface area contributed by atoms with Crippen LogP contribution in [0.5, 0.6) is 0 Å². The third-order valence-corrected chi connectivity index (χ3v) is 2.16. The Morgan fingerprint density at radius 2 is 2.38 bits per heavy atom. The summed E-state index contributed by atoms with van der Waals surface area (Å²) in [6.07, 6.45) is 8.18. The first-order chi connectivity index (χ1) is 3.45. The number of halogens is 1. The van der Waals surface area contributed by atoms with E-state index in [1.54, 1.807) is 5.57 Å². The molecular formula is C7H10F-. The lowest BCUT2D eigenvalue weighted by molar-refractivity contribution is -0.00000150. The van der Waals surface area contributed by atoms with Gasteiger partial charge in [0.2, 0.25) is 0 Å². The predicted octanol–water partition coefficient (Wildman–Crippen LogP) is -0.879. The fraction of sp³-hybridized carbons (Fsp3) is 0.714. The van der Waals surface area contributed by atoms with Crippen molar-refractivity contribution in [1.82, 2.24) is 0 Å². The van der Waals surface area contributed by atoms with Gasteiger partial charge >= 0.3 is 0 Å². The highest BCUT2D eigenvalue weighted by molar-refractivity contribution is 5.15. The van der Waals surface area contributed by atoms with Crippen LogP contribution in [0.4, 0.5) is 0 Å². The van der Waals surface area contributed by atoms with Crippen molar-refractivity contribution in [3.8, 4) is 0 Å². The summed E-state index contributed by atoms with van der Waals surface area (Å²) in [5.41, 5.74) is 1.74. The van der Waals surface area contributed by atoms with Gasteiger partial charge in [-0.05, 0) is 31.6 Å². The van der Waals surface area contributed by atoms with Gasteiger partial charge in [0, 0.05) is 0 Å². The van der Waals surface area contributed by atoms with E-state index in [2.05, 4.69) is 6.08 Å². The van der Waals surface area contributed by atoms with Gasteiger partial charge in [0.15, 0.2) is 0 Å². The zero-order valence-electron chi connectivity index (χ0n) is 4.86. The molecule has 0 spiro atoms. The van der Waals surface area contributed by atoms with E-state index in [0.717, 1.165) is 5.92 Å². The van der Waals surface area contributed by atoms with Gasteiger partial charge in [-0.2, -0.15) is 0 Å². The summed E-state index contributed by atoms with van der Waals surface area (Å²) in [5.74, 6) is 1.08. The molecule has 1 fully saturated rings. The van der Waals surface area contributed by atoms with Gasteiger partial charge in [0.05, 0.1) is 0 Å². The molecule has 0 saturated heterocycles. The molecule has 46 valence electrons. The van der Waals surface area contributed by atoms with Crippen molar-refractivity contribution in [3.05, 3.63) is 11.6 Å². The second-order valence-electron chi connectivity index (χ2n) is 2.71. The topological polar surface area (TPSA) is 0 Å². The van der Waals surface area contributed by atoms with Crippen LogP contribution >= 0.6 is 0 Å². The average Bonchev–Trinajstić information content (AvgIpc) is 2.22. The van der Waals surface area contributed by atoms with E-state index in [1.165, 1.54) is 25.7 Å². The Morgan fingerprint density at radius 1 is 1.50 bits per heavy atom. The summed E-state index contributed by atoms with van der Waals surface area (Å²) in [4.78, 5) is 0. The molecule has 0 nitrogen and oxygen atoms in total. The largest absolute Gasteiger partial charge is 1.00 e. The molecule has 0 amide bonds. The second kappa shape index (κ2) is 1.88. The van der Waals surface area contributed by atoms with E-state index in [0.29, 0.717) is 0 Å². The molecule has 0 aromatic rings. The van der Waals surface area contributed by atoms with Crippen molar-refractivity contribution < 1.29 is 4.70 Å². The zero-order valence-corrected chi connectivity index (χ0v) is 4.86. The Hall–Kier alpha value is -0.330. The normalized spacial score (nSPS) is 32.0. The van der Waals surface area contributed by atoms with E-state index in [4.69, 9.17) is 0 Å². The maximum atomic E-state index is 2.42. The zero-order chi connectivity index (χ0) is 4.69. The van der Waals surface area contributed by atoms with Crippen LogP contribution in [0.25, 0.3) is 0 Å². The maximum absolute atomic E-state index is 2.42. The van der Waals surface area contributed by atoms with E-state index >= 15 is 0 Å². The van der Waals surface area contributed by atoms with Gasteiger partial charge in [-0.1, -0.05) is 11.6 Å². The highest BCUT2D eigenvalue weighted by atomic mass is 19.0. The maximum Gasteiger partial charge on any atom is -0.0289 e. The van der Waals surface area contributed by atoms with Crippen LogP contribution < -0.4 is 4.70 Å². The molecule has 2 aliphatic carbocycles. The molecule has 1 heteroatoms. The smallest absolute Gasteiger partial charge is 0.0289 e. The molecule has 8 heavy (non-hydrogen) atoms. The number of fused-ring (bicyclic) bond motifs is 2. The minimum absolute atomic E-state index is 0. The minimum atomic E-state index is 0. The monoisotopic (exact) mass is 113 g/mol. The van der Waals surface area contributed by atoms with Crippen molar-refractivity contribution in [1.29, 1.82) is 0 Å². The van der Waals surface area contributed by atoms with Crippen molar-refractivity contribution >= 4 is 0 Å². The molecule has 1 unspecified atom stereocenters. The minimum Gasteiger partial charge on any atom is -1.00 e. The molecule has 0 heterocycles. The molecular weight excluding hydrogens is 103 g/mol. The summed E-state index contributed by atoms with van der Waals surface area (Å²) < 4.78 is 0. The van der Waals surface area contributed by atoms with Crippen LogP contribution in [0.2, 0.25) is 0 Å². The highest BCUT2D eigenvalue weighted by Gasteiger charge is 2.22. The molecule has 0 aliphatic heterocycles. The van der Waals surface area contributed by atoms with Crippen molar-refractivity contribution in [2.75, 3.05) is 0 Å². The molecule has 0 aromatic carbocycles. The van der Waals surface area contributed by atoms with E-state index in [9.17, 15) is 0 Å². The SMILES string of the molecule is C1=C2CCC(C1)C2.[F-]. The molecule has 2 bridgehead atoms. The number of allylic oxidation sites excluding steroid dienone is 2. The van der Waals surface area contributed by atoms with Crippen molar-refractivity contribution in [3.63, 3.8) is 0 Å². The predicted molar refractivity (Wildman–Crippen MR) is 30.0 cm³/mol. The first-order valence-corrected chi connectivity index (χ1v) is 3.13. The number of hydrogen-bond donors (Lipinski definition) is 0. The Labute approximate surface area is 49.0 Å². The first kappa shape index (κ1) is 5.80. The van der Waals surface area contributed by atoms with Crippen LogP contribution in [0.3, 0.4) is 0 Å². The van der Waals surface area contributed by atoms with Gasteiger partial charge in [-0.25, -0.2) is 0 Å². The Morgan fingerprint density at radius 3 is 2.50 bits per heavy atom. The standard InChI is InChI=1S/C7H10.FH/c1-2-7-4-3-6(1)5-7;/h1,7H,2-5H2;1H/p-1. The van der Waals surface area contributed by atoms with Gasteiger partial charge in [-0.3, -0.25) is 0 Å². The summed E-state index contributed by atoms with van der Waals surface area (Å²) in [6.45, 7) is 0. The van der Waals surface area contributed by atoms with Gasteiger partial charge < -0.3 is 4.70 Å². The van der Waals surface area contributed by atoms with Gasteiger partial charge in [0.1, 0.15) is 0 Å². The van der Waals surface area contributed by atoms with E-state index in [-0.39, 0.29) is 4.70 Å². The lowest BCUT2D eigenvalue weighted by Crippen LogP contribution is -3.00. The molecule has 2 aliphatic rings. The number of rotatable bonds is 0. The first-order valence-electron chi connectivity index (χ1n) is 3.13. The third-order valence-electron chi connectivity index (χ3n) is 2.16. The Balaban J connectivity index is 0.000000320. The lowest BCUT2D eigenvalue weighted by atomic mass is 10.1. The number of hydrogen-bond acceptors (Lipinski definition) is 0. The molecule has 0 radical (unpaired) electrons. The third kappa shape index (κ3) is 0.662. The highest BCUT2D eigenvalue weighted by Crippen LogP contribution is 2.38. The average molecular weight is 113 g/mol.